The lowest BCUT2D eigenvalue weighted by Crippen LogP contribution is -2.30. The highest BCUT2D eigenvalue weighted by atomic mass is 32.2. The third-order valence-electron chi connectivity index (χ3n) is 5.41. The number of rotatable bonds is 6. The first-order valence-electron chi connectivity index (χ1n) is 10.4. The van der Waals surface area contributed by atoms with Crippen LogP contribution in [-0.2, 0) is 17.8 Å². The van der Waals surface area contributed by atoms with E-state index >= 15 is 0 Å². The number of fused-ring (bicyclic) bond motifs is 2. The van der Waals surface area contributed by atoms with E-state index in [1.807, 2.05) is 65.6 Å². The molecule has 0 saturated carbocycles. The number of amides is 2. The minimum absolute atomic E-state index is 0.0598. The number of carbonyl (C=O) groups is 2. The molecule has 5 rings (SSSR count). The highest BCUT2D eigenvalue weighted by Gasteiger charge is 2.24. The fraction of sp³-hybridized carbons (Fsp3) is 0.160. The van der Waals surface area contributed by atoms with Gasteiger partial charge in [-0.05, 0) is 42.3 Å². The van der Waals surface area contributed by atoms with Crippen LogP contribution < -0.4 is 10.2 Å². The Morgan fingerprint density at radius 1 is 1.00 bits per heavy atom. The van der Waals surface area contributed by atoms with Crippen LogP contribution in [-0.4, -0.2) is 29.1 Å². The molecule has 3 aromatic carbocycles. The summed E-state index contributed by atoms with van der Waals surface area (Å²) in [5.41, 5.74) is 3.73. The molecule has 1 N–H and O–H groups in total. The summed E-state index contributed by atoms with van der Waals surface area (Å²) in [6.45, 7) is 1.09. The Bertz CT molecular complexity index is 1270. The van der Waals surface area contributed by atoms with Crippen LogP contribution in [0.3, 0.4) is 0 Å². The fourth-order valence-corrected chi connectivity index (χ4v) is 5.67. The normalized spacial score (nSPS) is 12.7. The molecule has 0 saturated heterocycles. The van der Waals surface area contributed by atoms with E-state index < -0.39 is 0 Å². The summed E-state index contributed by atoms with van der Waals surface area (Å²) < 4.78 is 1.11. The van der Waals surface area contributed by atoms with Gasteiger partial charge in [0.25, 0.3) is 5.91 Å². The Kier molecular flexibility index (Phi) is 5.92. The molecule has 32 heavy (non-hydrogen) atoms. The molecular weight excluding hydrogens is 438 g/mol. The van der Waals surface area contributed by atoms with Gasteiger partial charge in [0.2, 0.25) is 5.91 Å². The summed E-state index contributed by atoms with van der Waals surface area (Å²) >= 11 is 2.99. The van der Waals surface area contributed by atoms with Crippen molar-refractivity contribution in [2.24, 2.45) is 0 Å². The van der Waals surface area contributed by atoms with Gasteiger partial charge < -0.3 is 10.2 Å². The second-order valence-corrected chi connectivity index (χ2v) is 9.60. The number of nitrogens with one attached hydrogen (secondary N) is 1. The van der Waals surface area contributed by atoms with E-state index in [1.54, 1.807) is 17.4 Å². The first-order valence-corrected chi connectivity index (χ1v) is 12.2. The number of para-hydroxylation sites is 2. The summed E-state index contributed by atoms with van der Waals surface area (Å²) in [5, 5.41) is 3.84. The van der Waals surface area contributed by atoms with Crippen molar-refractivity contribution >= 4 is 50.8 Å². The lowest BCUT2D eigenvalue weighted by Gasteiger charge is -2.17. The Morgan fingerprint density at radius 3 is 2.69 bits per heavy atom. The SMILES string of the molecule is O=C(NCc1nc2ccccc2s1)c1ccccc1SCC(=O)N1CCc2ccccc21. The average molecular weight is 460 g/mol. The van der Waals surface area contributed by atoms with Gasteiger partial charge in [0.05, 0.1) is 28.1 Å². The molecule has 2 amide bonds. The van der Waals surface area contributed by atoms with Gasteiger partial charge in [0, 0.05) is 17.1 Å². The number of nitrogens with zero attached hydrogens (tertiary/aromatic N) is 2. The lowest BCUT2D eigenvalue weighted by molar-refractivity contribution is -0.116. The highest BCUT2D eigenvalue weighted by Crippen LogP contribution is 2.30. The molecule has 5 nitrogen and oxygen atoms in total. The summed E-state index contributed by atoms with van der Waals surface area (Å²) in [4.78, 5) is 32.9. The maximum absolute atomic E-state index is 12.9. The van der Waals surface area contributed by atoms with E-state index in [0.717, 1.165) is 32.2 Å². The molecule has 0 aliphatic carbocycles. The van der Waals surface area contributed by atoms with E-state index in [0.29, 0.717) is 18.7 Å². The number of benzene rings is 3. The first kappa shape index (κ1) is 20.7. The van der Waals surface area contributed by atoms with Crippen LogP contribution in [0.15, 0.2) is 77.7 Å². The van der Waals surface area contributed by atoms with E-state index in [1.165, 1.54) is 17.3 Å². The van der Waals surface area contributed by atoms with E-state index in [9.17, 15) is 9.59 Å². The molecule has 4 aromatic rings. The number of thiazole rings is 1. The molecule has 1 aromatic heterocycles. The number of hydrogen-bond donors (Lipinski definition) is 1. The molecule has 0 atom stereocenters. The van der Waals surface area contributed by atoms with Crippen molar-refractivity contribution in [2.45, 2.75) is 17.9 Å². The van der Waals surface area contributed by atoms with Crippen LogP contribution in [0.5, 0.6) is 0 Å². The molecule has 0 unspecified atom stereocenters. The van der Waals surface area contributed by atoms with Crippen molar-refractivity contribution in [1.29, 1.82) is 0 Å². The van der Waals surface area contributed by atoms with Crippen LogP contribution in [0.25, 0.3) is 10.2 Å². The molecule has 7 heteroatoms. The van der Waals surface area contributed by atoms with Gasteiger partial charge in [-0.15, -0.1) is 23.1 Å². The molecule has 1 aliphatic rings. The number of thioether (sulfide) groups is 1. The first-order chi connectivity index (χ1) is 15.7. The third kappa shape index (κ3) is 4.26. The van der Waals surface area contributed by atoms with Crippen LogP contribution in [0.4, 0.5) is 5.69 Å². The Morgan fingerprint density at radius 2 is 1.78 bits per heavy atom. The molecule has 160 valence electrons. The number of carbonyl (C=O) groups excluding carboxylic acids is 2. The van der Waals surface area contributed by atoms with Crippen molar-refractivity contribution in [1.82, 2.24) is 10.3 Å². The predicted molar refractivity (Wildman–Crippen MR) is 130 cm³/mol. The van der Waals surface area contributed by atoms with Crippen LogP contribution in [0, 0.1) is 0 Å². The topological polar surface area (TPSA) is 62.3 Å². The van der Waals surface area contributed by atoms with Gasteiger partial charge >= 0.3 is 0 Å². The van der Waals surface area contributed by atoms with Crippen molar-refractivity contribution < 1.29 is 9.59 Å². The molecule has 2 heterocycles. The van der Waals surface area contributed by atoms with Crippen molar-refractivity contribution in [3.63, 3.8) is 0 Å². The second kappa shape index (κ2) is 9.14. The van der Waals surface area contributed by atoms with E-state index in [-0.39, 0.29) is 17.6 Å². The molecule has 1 aliphatic heterocycles. The lowest BCUT2D eigenvalue weighted by atomic mass is 10.2. The quantitative estimate of drug-likeness (QED) is 0.416. The highest BCUT2D eigenvalue weighted by molar-refractivity contribution is 8.00. The Balaban J connectivity index is 1.23. The monoisotopic (exact) mass is 459 g/mol. The molecule has 0 fully saturated rings. The Hall–Kier alpha value is -3.16. The van der Waals surface area contributed by atoms with Gasteiger partial charge in [-0.1, -0.05) is 42.5 Å². The molecule has 0 bridgehead atoms. The van der Waals surface area contributed by atoms with Crippen LogP contribution in [0.2, 0.25) is 0 Å². The van der Waals surface area contributed by atoms with Gasteiger partial charge in [-0.2, -0.15) is 0 Å². The minimum Gasteiger partial charge on any atom is -0.345 e. The summed E-state index contributed by atoms with van der Waals surface area (Å²) in [7, 11) is 0. The molecular formula is C25H21N3O2S2. The number of aromatic nitrogens is 1. The summed E-state index contributed by atoms with van der Waals surface area (Å²) in [6, 6.07) is 23.4. The van der Waals surface area contributed by atoms with Crippen LogP contribution >= 0.6 is 23.1 Å². The van der Waals surface area contributed by atoms with Gasteiger partial charge in [-0.3, -0.25) is 9.59 Å². The zero-order valence-corrected chi connectivity index (χ0v) is 18.9. The smallest absolute Gasteiger partial charge is 0.252 e. The van der Waals surface area contributed by atoms with Gasteiger partial charge in [0.15, 0.2) is 0 Å². The standard InChI is InChI=1S/C25H21N3O2S2/c29-24(28-14-13-17-7-1-4-10-20(17)28)16-31-21-11-5-2-8-18(21)25(30)26-15-23-27-19-9-3-6-12-22(19)32-23/h1-12H,13-16H2,(H,26,30). The predicted octanol–water partition coefficient (Wildman–Crippen LogP) is 4.91. The zero-order chi connectivity index (χ0) is 21.9. The third-order valence-corrected chi connectivity index (χ3v) is 7.50. The summed E-state index contributed by atoms with van der Waals surface area (Å²) in [5.74, 6) is 0.187. The molecule has 0 spiro atoms. The maximum Gasteiger partial charge on any atom is 0.252 e. The van der Waals surface area contributed by atoms with E-state index in [2.05, 4.69) is 16.4 Å². The zero-order valence-electron chi connectivity index (χ0n) is 17.3. The maximum atomic E-state index is 12.9. The van der Waals surface area contributed by atoms with Gasteiger partial charge in [0.1, 0.15) is 5.01 Å². The van der Waals surface area contributed by atoms with Gasteiger partial charge in [-0.25, -0.2) is 4.98 Å². The average Bonchev–Trinajstić information content (AvgIpc) is 3.45. The Labute approximate surface area is 194 Å². The van der Waals surface area contributed by atoms with Crippen LogP contribution in [0.1, 0.15) is 20.9 Å². The van der Waals surface area contributed by atoms with Crippen molar-refractivity contribution in [3.8, 4) is 0 Å². The number of anilines is 1. The summed E-state index contributed by atoms with van der Waals surface area (Å²) in [6.07, 6.45) is 0.886. The fourth-order valence-electron chi connectivity index (χ4n) is 3.84. The van der Waals surface area contributed by atoms with Crippen molar-refractivity contribution in [2.75, 3.05) is 17.2 Å². The number of hydrogen-bond acceptors (Lipinski definition) is 5. The largest absolute Gasteiger partial charge is 0.345 e. The van der Waals surface area contributed by atoms with Crippen molar-refractivity contribution in [3.05, 3.63) is 88.9 Å². The second-order valence-electron chi connectivity index (χ2n) is 7.47. The molecule has 0 radical (unpaired) electrons. The van der Waals surface area contributed by atoms with E-state index in [4.69, 9.17) is 0 Å². The minimum atomic E-state index is -0.161.